The van der Waals surface area contributed by atoms with Crippen molar-refractivity contribution in [2.24, 2.45) is 0 Å². The molecule has 0 aromatic heterocycles. The summed E-state index contributed by atoms with van der Waals surface area (Å²) in [6.45, 7) is 3.31. The summed E-state index contributed by atoms with van der Waals surface area (Å²) >= 11 is 0. The van der Waals surface area contributed by atoms with E-state index in [-0.39, 0.29) is 18.0 Å². The molecule has 0 radical (unpaired) electrons. The van der Waals surface area contributed by atoms with E-state index in [0.717, 1.165) is 6.08 Å². The van der Waals surface area contributed by atoms with Gasteiger partial charge in [-0.3, -0.25) is 4.79 Å². The molecule has 0 spiro atoms. The Bertz CT molecular complexity index is 262. The third kappa shape index (κ3) is 1.84. The molecule has 0 aliphatic carbocycles. The summed E-state index contributed by atoms with van der Waals surface area (Å²) in [4.78, 5) is 21.3. The molecular weight excluding hydrogens is 160 g/mol. The van der Waals surface area contributed by atoms with Crippen molar-refractivity contribution in [1.29, 1.82) is 0 Å². The highest BCUT2D eigenvalue weighted by Gasteiger charge is 2.28. The molecule has 4 heteroatoms. The van der Waals surface area contributed by atoms with Gasteiger partial charge in [0.2, 0.25) is 0 Å². The second-order valence-electron chi connectivity index (χ2n) is 3.30. The fourth-order valence-corrected chi connectivity index (χ4v) is 1.08. The Morgan fingerprint density at radius 2 is 2.25 bits per heavy atom. The first-order chi connectivity index (χ1) is 5.41. The molecular formula is C8H9O4-. The van der Waals surface area contributed by atoms with E-state index < -0.39 is 11.6 Å². The molecule has 66 valence electrons. The highest BCUT2D eigenvalue weighted by Crippen LogP contribution is 2.23. The summed E-state index contributed by atoms with van der Waals surface area (Å²) < 4.78 is 4.98. The van der Waals surface area contributed by atoms with Crippen LogP contribution in [0.1, 0.15) is 20.3 Å². The molecule has 0 aromatic rings. The molecule has 0 unspecified atom stereocenters. The van der Waals surface area contributed by atoms with E-state index in [1.807, 2.05) is 0 Å². The number of ketones is 1. The van der Waals surface area contributed by atoms with Crippen LogP contribution in [0.15, 0.2) is 11.8 Å². The van der Waals surface area contributed by atoms with Gasteiger partial charge in [0.15, 0.2) is 5.78 Å². The monoisotopic (exact) mass is 169 g/mol. The quantitative estimate of drug-likeness (QED) is 0.525. The van der Waals surface area contributed by atoms with Crippen molar-refractivity contribution in [3.63, 3.8) is 0 Å². The zero-order valence-electron chi connectivity index (χ0n) is 6.92. The Labute approximate surface area is 69.8 Å². The van der Waals surface area contributed by atoms with Gasteiger partial charge in [-0.1, -0.05) is 0 Å². The number of carbonyl (C=O) groups is 2. The summed E-state index contributed by atoms with van der Waals surface area (Å²) in [7, 11) is 0. The minimum Gasteiger partial charge on any atom is -0.542 e. The maximum atomic E-state index is 10.9. The van der Waals surface area contributed by atoms with Gasteiger partial charge in [-0.25, -0.2) is 0 Å². The van der Waals surface area contributed by atoms with Crippen molar-refractivity contribution in [3.8, 4) is 0 Å². The molecule has 4 nitrogen and oxygen atoms in total. The first-order valence-corrected chi connectivity index (χ1v) is 3.56. The smallest absolute Gasteiger partial charge is 0.163 e. The number of ether oxygens (including phenoxy) is 1. The van der Waals surface area contributed by atoms with Crippen LogP contribution in [0.2, 0.25) is 0 Å². The summed E-state index contributed by atoms with van der Waals surface area (Å²) in [6.07, 6.45) is 1.16. The van der Waals surface area contributed by atoms with E-state index in [4.69, 9.17) is 4.74 Å². The van der Waals surface area contributed by atoms with Gasteiger partial charge in [-0.05, 0) is 13.8 Å². The van der Waals surface area contributed by atoms with Crippen LogP contribution >= 0.6 is 0 Å². The van der Waals surface area contributed by atoms with Gasteiger partial charge in [0.25, 0.3) is 0 Å². The molecule has 0 amide bonds. The number of carbonyl (C=O) groups excluding carboxylic acids is 2. The maximum absolute atomic E-state index is 10.9. The van der Waals surface area contributed by atoms with Crippen LogP contribution in [-0.2, 0) is 14.3 Å². The fraction of sp³-hybridized carbons (Fsp3) is 0.500. The highest BCUT2D eigenvalue weighted by molar-refractivity contribution is 5.98. The zero-order chi connectivity index (χ0) is 9.35. The van der Waals surface area contributed by atoms with E-state index in [1.54, 1.807) is 13.8 Å². The summed E-state index contributed by atoms with van der Waals surface area (Å²) in [5.41, 5.74) is -0.735. The van der Waals surface area contributed by atoms with Crippen molar-refractivity contribution < 1.29 is 19.4 Å². The average molecular weight is 169 g/mol. The predicted molar refractivity (Wildman–Crippen MR) is 37.9 cm³/mol. The van der Waals surface area contributed by atoms with Crippen LogP contribution in [-0.4, -0.2) is 17.4 Å². The topological polar surface area (TPSA) is 66.4 Å². The lowest BCUT2D eigenvalue weighted by atomic mass is 9.98. The average Bonchev–Trinajstić information content (AvgIpc) is 1.82. The number of carboxylic acid groups (broad SMARTS) is 1. The molecule has 12 heavy (non-hydrogen) atoms. The van der Waals surface area contributed by atoms with E-state index in [1.165, 1.54) is 0 Å². The Hall–Kier alpha value is -1.32. The molecule has 1 rings (SSSR count). The van der Waals surface area contributed by atoms with E-state index in [2.05, 4.69) is 0 Å². The first-order valence-electron chi connectivity index (χ1n) is 3.56. The SMILES string of the molecule is CC1(C)CC(=O)C=C(C(=O)[O-])O1. The number of aliphatic carboxylic acids is 1. The third-order valence-corrected chi connectivity index (χ3v) is 1.48. The number of rotatable bonds is 1. The number of hydrogen-bond acceptors (Lipinski definition) is 4. The highest BCUT2D eigenvalue weighted by atomic mass is 16.5. The van der Waals surface area contributed by atoms with Gasteiger partial charge in [-0.15, -0.1) is 0 Å². The Morgan fingerprint density at radius 1 is 1.67 bits per heavy atom. The standard InChI is InChI=1S/C8H10O4/c1-8(2)4-5(9)3-6(12-8)7(10)11/h3H,4H2,1-2H3,(H,10,11)/p-1. The van der Waals surface area contributed by atoms with Gasteiger partial charge >= 0.3 is 0 Å². The first kappa shape index (κ1) is 8.77. The van der Waals surface area contributed by atoms with Crippen LogP contribution in [0.25, 0.3) is 0 Å². The molecule has 0 aromatic carbocycles. The van der Waals surface area contributed by atoms with Gasteiger partial charge in [0, 0.05) is 12.5 Å². The normalized spacial score (nSPS) is 21.2. The second kappa shape index (κ2) is 2.62. The molecule has 1 aliphatic heterocycles. The molecule has 0 fully saturated rings. The molecule has 0 N–H and O–H groups in total. The van der Waals surface area contributed by atoms with E-state index >= 15 is 0 Å². The fourth-order valence-electron chi connectivity index (χ4n) is 1.08. The molecule has 0 saturated heterocycles. The Morgan fingerprint density at radius 3 is 2.67 bits per heavy atom. The largest absolute Gasteiger partial charge is 0.542 e. The van der Waals surface area contributed by atoms with Crippen molar-refractivity contribution in [2.75, 3.05) is 0 Å². The number of carboxylic acids is 1. The van der Waals surface area contributed by atoms with Crippen LogP contribution in [0, 0.1) is 0 Å². The van der Waals surface area contributed by atoms with Crippen LogP contribution in [0.5, 0.6) is 0 Å². The van der Waals surface area contributed by atoms with Crippen LogP contribution < -0.4 is 5.11 Å². The minimum atomic E-state index is -1.45. The molecule has 0 saturated carbocycles. The van der Waals surface area contributed by atoms with Gasteiger partial charge in [0.05, 0.1) is 0 Å². The molecule has 0 atom stereocenters. The molecule has 1 aliphatic rings. The van der Waals surface area contributed by atoms with Gasteiger partial charge in [0.1, 0.15) is 17.3 Å². The molecule has 1 heterocycles. The summed E-state index contributed by atoms with van der Waals surface area (Å²) in [5.74, 6) is -2.07. The van der Waals surface area contributed by atoms with Gasteiger partial charge in [-0.2, -0.15) is 0 Å². The van der Waals surface area contributed by atoms with Crippen LogP contribution in [0.4, 0.5) is 0 Å². The zero-order valence-corrected chi connectivity index (χ0v) is 6.92. The van der Waals surface area contributed by atoms with Gasteiger partial charge < -0.3 is 14.6 Å². The lowest BCUT2D eigenvalue weighted by molar-refractivity contribution is -0.305. The Balaban J connectivity index is 2.91. The number of allylic oxidation sites excluding steroid dienone is 1. The second-order valence-corrected chi connectivity index (χ2v) is 3.30. The van der Waals surface area contributed by atoms with Crippen molar-refractivity contribution in [1.82, 2.24) is 0 Å². The minimum absolute atomic E-state index is 0.198. The van der Waals surface area contributed by atoms with Crippen molar-refractivity contribution in [3.05, 3.63) is 11.8 Å². The molecule has 0 bridgehead atoms. The third-order valence-electron chi connectivity index (χ3n) is 1.48. The van der Waals surface area contributed by atoms with Crippen molar-refractivity contribution >= 4 is 11.8 Å². The Kier molecular flexibility index (Phi) is 1.92. The summed E-state index contributed by atoms with van der Waals surface area (Å²) in [5, 5.41) is 10.3. The lowest BCUT2D eigenvalue weighted by Crippen LogP contribution is -2.37. The van der Waals surface area contributed by atoms with E-state index in [9.17, 15) is 14.7 Å². The number of hydrogen-bond donors (Lipinski definition) is 0. The van der Waals surface area contributed by atoms with Crippen molar-refractivity contribution in [2.45, 2.75) is 25.9 Å². The predicted octanol–water partition coefficient (Wildman–Crippen LogP) is -0.612. The lowest BCUT2D eigenvalue weighted by Gasteiger charge is -2.30. The maximum Gasteiger partial charge on any atom is 0.163 e. The van der Waals surface area contributed by atoms with Crippen LogP contribution in [0.3, 0.4) is 0 Å². The summed E-state index contributed by atoms with van der Waals surface area (Å²) in [6, 6.07) is 0. The van der Waals surface area contributed by atoms with E-state index in [0.29, 0.717) is 0 Å².